The van der Waals surface area contributed by atoms with E-state index < -0.39 is 8.07 Å². The fourth-order valence-electron chi connectivity index (χ4n) is 2.57. The fraction of sp³-hybridized carbons (Fsp3) is 0.316. The Hall–Kier alpha value is -1.67. The first-order valence-corrected chi connectivity index (χ1v) is 10.9. The summed E-state index contributed by atoms with van der Waals surface area (Å²) in [6, 6.07) is 17.1. The lowest BCUT2D eigenvalue weighted by atomic mass is 10.0. The first-order chi connectivity index (χ1) is 10.1. The lowest BCUT2D eigenvalue weighted by Crippen LogP contribution is -2.41. The Balaban J connectivity index is 2.35. The maximum absolute atomic E-state index is 4.59. The summed E-state index contributed by atoms with van der Waals surface area (Å²) in [5.74, 6) is 0. The largest absolute Gasteiger partial charge is 0.266 e. The van der Waals surface area contributed by atoms with Crippen LogP contribution in [0.5, 0.6) is 0 Å². The van der Waals surface area contributed by atoms with Crippen molar-refractivity contribution < 1.29 is 0 Å². The first kappa shape index (κ1) is 15.7. The number of unbranched alkanes of at least 4 members (excludes halogenated alkanes) is 1. The summed E-state index contributed by atoms with van der Waals surface area (Å²) in [4.78, 5) is 4.59. The van der Waals surface area contributed by atoms with Crippen molar-refractivity contribution in [2.45, 2.75) is 39.3 Å². The minimum absolute atomic E-state index is 1.16. The summed E-state index contributed by atoms with van der Waals surface area (Å²) >= 11 is 0. The molecule has 2 aromatic rings. The number of allylic oxidation sites excluding steroid dienone is 1. The first-order valence-electron chi connectivity index (χ1n) is 7.82. The lowest BCUT2D eigenvalue weighted by molar-refractivity contribution is 0.824. The normalized spacial score (nSPS) is 12.4. The number of benzene rings is 1. The van der Waals surface area contributed by atoms with E-state index in [1.807, 2.05) is 12.3 Å². The van der Waals surface area contributed by atoms with Gasteiger partial charge in [0.2, 0.25) is 0 Å². The molecular weight excluding hydrogens is 270 g/mol. The highest BCUT2D eigenvalue weighted by Gasteiger charge is 2.23. The van der Waals surface area contributed by atoms with Gasteiger partial charge in [-0.2, -0.15) is 0 Å². The summed E-state index contributed by atoms with van der Waals surface area (Å²) in [6.45, 7) is 7.01. The second-order valence-corrected chi connectivity index (χ2v) is 10.3. The van der Waals surface area contributed by atoms with E-state index in [1.54, 1.807) is 0 Å². The van der Waals surface area contributed by atoms with Crippen molar-refractivity contribution in [3.05, 3.63) is 66.0 Å². The van der Waals surface area contributed by atoms with Gasteiger partial charge in [0.25, 0.3) is 0 Å². The highest BCUT2D eigenvalue weighted by atomic mass is 28.3. The van der Waals surface area contributed by atoms with Gasteiger partial charge in [-0.3, -0.25) is 4.98 Å². The third-order valence-corrected chi connectivity index (χ3v) is 6.49. The van der Waals surface area contributed by atoms with Gasteiger partial charge in [0.1, 0.15) is 8.07 Å². The van der Waals surface area contributed by atoms with Crippen LogP contribution >= 0.6 is 0 Å². The zero-order chi connectivity index (χ0) is 15.1. The molecule has 2 heteroatoms. The van der Waals surface area contributed by atoms with E-state index in [-0.39, 0.29) is 0 Å². The molecule has 1 aromatic heterocycles. The Labute approximate surface area is 129 Å². The van der Waals surface area contributed by atoms with Crippen molar-refractivity contribution in [1.29, 1.82) is 0 Å². The average molecular weight is 296 g/mol. The highest BCUT2D eigenvalue weighted by molar-refractivity contribution is 6.94. The molecule has 0 aliphatic heterocycles. The molecule has 0 N–H and O–H groups in total. The number of rotatable bonds is 6. The highest BCUT2D eigenvalue weighted by Crippen LogP contribution is 2.23. The van der Waals surface area contributed by atoms with E-state index in [0.29, 0.717) is 0 Å². The van der Waals surface area contributed by atoms with Gasteiger partial charge in [0.15, 0.2) is 0 Å². The molecule has 1 aromatic carbocycles. The molecule has 2 rings (SSSR count). The zero-order valence-corrected chi connectivity index (χ0v) is 14.3. The Bertz CT molecular complexity index is 573. The van der Waals surface area contributed by atoms with Gasteiger partial charge in [-0.25, -0.2) is 0 Å². The van der Waals surface area contributed by atoms with Crippen molar-refractivity contribution in [3.8, 4) is 0 Å². The summed E-state index contributed by atoms with van der Waals surface area (Å²) in [5.41, 5.74) is 5.38. The van der Waals surface area contributed by atoms with Crippen LogP contribution in [-0.2, 0) is 0 Å². The molecule has 0 amide bonds. The number of pyridine rings is 1. The van der Waals surface area contributed by atoms with E-state index in [9.17, 15) is 0 Å². The van der Waals surface area contributed by atoms with Gasteiger partial charge in [-0.1, -0.05) is 68.5 Å². The van der Waals surface area contributed by atoms with Crippen molar-refractivity contribution >= 4 is 19.0 Å². The van der Waals surface area contributed by atoms with Crippen LogP contribution in [0.2, 0.25) is 13.1 Å². The molecule has 0 atom stereocenters. The van der Waals surface area contributed by atoms with Crippen LogP contribution in [0.3, 0.4) is 0 Å². The van der Waals surface area contributed by atoms with E-state index in [4.69, 9.17) is 0 Å². The Kier molecular flexibility index (Phi) is 5.51. The number of aromatic nitrogens is 1. The standard InChI is InChI=1S/C19H25NSi/c1-4-5-11-18(17-12-7-6-8-13-17)16-21(2,3)19-14-9-10-15-20-19/h6-10,12-16H,4-5,11H2,1-3H3/b18-16+. The van der Waals surface area contributed by atoms with Crippen molar-refractivity contribution in [2.75, 3.05) is 0 Å². The van der Waals surface area contributed by atoms with Crippen LogP contribution in [0.4, 0.5) is 0 Å². The topological polar surface area (TPSA) is 12.9 Å². The predicted molar refractivity (Wildman–Crippen MR) is 95.3 cm³/mol. The third-order valence-electron chi connectivity index (χ3n) is 3.80. The van der Waals surface area contributed by atoms with Gasteiger partial charge >= 0.3 is 0 Å². The van der Waals surface area contributed by atoms with Crippen molar-refractivity contribution in [2.24, 2.45) is 0 Å². The molecule has 1 heterocycles. The molecule has 0 aliphatic rings. The Morgan fingerprint density at radius 2 is 1.76 bits per heavy atom. The number of hydrogen-bond acceptors (Lipinski definition) is 1. The average Bonchev–Trinajstić information content (AvgIpc) is 2.53. The van der Waals surface area contributed by atoms with E-state index in [1.165, 1.54) is 29.3 Å². The molecule has 0 unspecified atom stereocenters. The van der Waals surface area contributed by atoms with Crippen LogP contribution < -0.4 is 5.32 Å². The molecular formula is C19H25NSi. The fourth-order valence-corrected chi connectivity index (χ4v) is 4.84. The summed E-state index contributed by atoms with van der Waals surface area (Å²) in [6.07, 6.45) is 5.54. The molecule has 0 aliphatic carbocycles. The molecule has 0 saturated carbocycles. The SMILES string of the molecule is CCCC/C(=C\[Si](C)(C)c1ccccn1)c1ccccc1. The van der Waals surface area contributed by atoms with E-state index in [0.717, 1.165) is 6.42 Å². The number of hydrogen-bond donors (Lipinski definition) is 0. The quantitative estimate of drug-likeness (QED) is 0.697. The molecule has 1 nitrogen and oxygen atoms in total. The van der Waals surface area contributed by atoms with Crippen LogP contribution in [0, 0.1) is 0 Å². The van der Waals surface area contributed by atoms with Gasteiger partial charge in [-0.05, 0) is 36.1 Å². The second-order valence-electron chi connectivity index (χ2n) is 6.08. The van der Waals surface area contributed by atoms with Gasteiger partial charge in [0.05, 0.1) is 0 Å². The predicted octanol–water partition coefficient (Wildman–Crippen LogP) is 4.81. The maximum Gasteiger partial charge on any atom is 0.128 e. The molecule has 110 valence electrons. The van der Waals surface area contributed by atoms with Gasteiger partial charge < -0.3 is 0 Å². The third kappa shape index (κ3) is 4.40. The molecule has 0 fully saturated rings. The van der Waals surface area contributed by atoms with Crippen LogP contribution in [0.15, 0.2) is 60.4 Å². The Morgan fingerprint density at radius 3 is 2.38 bits per heavy atom. The van der Waals surface area contributed by atoms with Crippen LogP contribution in [0.25, 0.3) is 5.57 Å². The van der Waals surface area contributed by atoms with Gasteiger partial charge in [0, 0.05) is 11.5 Å². The molecule has 21 heavy (non-hydrogen) atoms. The van der Waals surface area contributed by atoms with Crippen molar-refractivity contribution in [1.82, 2.24) is 4.98 Å². The molecule has 0 radical (unpaired) electrons. The molecule has 0 saturated heterocycles. The van der Waals surface area contributed by atoms with Crippen LogP contribution in [0.1, 0.15) is 31.7 Å². The minimum Gasteiger partial charge on any atom is -0.266 e. The summed E-state index contributed by atoms with van der Waals surface area (Å²) in [7, 11) is -1.65. The van der Waals surface area contributed by atoms with Crippen LogP contribution in [-0.4, -0.2) is 13.1 Å². The molecule has 0 bridgehead atoms. The minimum atomic E-state index is -1.65. The smallest absolute Gasteiger partial charge is 0.128 e. The van der Waals surface area contributed by atoms with E-state index >= 15 is 0 Å². The number of nitrogens with zero attached hydrogens (tertiary/aromatic N) is 1. The second kappa shape index (κ2) is 7.37. The molecule has 0 spiro atoms. The lowest BCUT2D eigenvalue weighted by Gasteiger charge is -2.20. The van der Waals surface area contributed by atoms with E-state index in [2.05, 4.69) is 73.2 Å². The monoisotopic (exact) mass is 295 g/mol. The summed E-state index contributed by atoms with van der Waals surface area (Å²) < 4.78 is 0. The Morgan fingerprint density at radius 1 is 1.05 bits per heavy atom. The van der Waals surface area contributed by atoms with Gasteiger partial charge in [-0.15, -0.1) is 0 Å². The maximum atomic E-state index is 4.59. The summed E-state index contributed by atoms with van der Waals surface area (Å²) in [5, 5.41) is 1.26. The zero-order valence-electron chi connectivity index (χ0n) is 13.3. The van der Waals surface area contributed by atoms with Crippen molar-refractivity contribution in [3.63, 3.8) is 0 Å².